The lowest BCUT2D eigenvalue weighted by molar-refractivity contribution is -0.141. The van der Waals surface area contributed by atoms with Crippen molar-refractivity contribution in [1.82, 2.24) is 4.90 Å². The van der Waals surface area contributed by atoms with Crippen molar-refractivity contribution in [2.45, 2.75) is 19.4 Å². The zero-order valence-corrected chi connectivity index (χ0v) is 10.8. The number of nitrogens with zero attached hydrogens (tertiary/aromatic N) is 1. The summed E-state index contributed by atoms with van der Waals surface area (Å²) in [5.41, 5.74) is 2.55. The minimum Gasteiger partial charge on any atom is -0.480 e. The Bertz CT molecular complexity index is 537. The van der Waals surface area contributed by atoms with Crippen LogP contribution < -0.4 is 0 Å². The van der Waals surface area contributed by atoms with Crippen LogP contribution in [0.2, 0.25) is 5.02 Å². The standard InChI is InChI=1S/C14H14ClNO2/c1-3-13(14(17)18)16-7-6-10-4-5-11(15)8-12(10)9(16)2/h4-8,13H,2-3H2,1H3,(H,17,18)/t13-/m0/s1. The molecule has 1 aromatic carbocycles. The first-order valence-electron chi connectivity index (χ1n) is 5.72. The Labute approximate surface area is 111 Å². The molecule has 0 fully saturated rings. The third-order valence-corrected chi connectivity index (χ3v) is 3.30. The lowest BCUT2D eigenvalue weighted by Crippen LogP contribution is -2.36. The van der Waals surface area contributed by atoms with Crippen molar-refractivity contribution in [3.8, 4) is 0 Å². The molecular formula is C14H14ClNO2. The van der Waals surface area contributed by atoms with E-state index >= 15 is 0 Å². The van der Waals surface area contributed by atoms with Gasteiger partial charge in [-0.25, -0.2) is 4.79 Å². The van der Waals surface area contributed by atoms with Gasteiger partial charge in [-0.1, -0.05) is 31.2 Å². The molecule has 18 heavy (non-hydrogen) atoms. The average molecular weight is 264 g/mol. The third kappa shape index (κ3) is 2.14. The van der Waals surface area contributed by atoms with Gasteiger partial charge in [0.25, 0.3) is 0 Å². The van der Waals surface area contributed by atoms with Crippen molar-refractivity contribution in [3.05, 3.63) is 47.1 Å². The second kappa shape index (κ2) is 4.86. The first-order chi connectivity index (χ1) is 8.54. The zero-order valence-electron chi connectivity index (χ0n) is 10.1. The molecule has 0 saturated carbocycles. The maximum absolute atomic E-state index is 11.2. The molecule has 2 rings (SSSR count). The second-order valence-corrected chi connectivity index (χ2v) is 4.60. The third-order valence-electron chi connectivity index (χ3n) is 3.06. The van der Waals surface area contributed by atoms with Gasteiger partial charge in [0.15, 0.2) is 0 Å². The van der Waals surface area contributed by atoms with Gasteiger partial charge in [-0.3, -0.25) is 0 Å². The van der Waals surface area contributed by atoms with E-state index in [0.29, 0.717) is 17.1 Å². The quantitative estimate of drug-likeness (QED) is 0.908. The Hall–Kier alpha value is -1.74. The summed E-state index contributed by atoms with van der Waals surface area (Å²) >= 11 is 5.97. The van der Waals surface area contributed by atoms with Crippen LogP contribution in [0.5, 0.6) is 0 Å². The SMILES string of the molecule is C=C1c2cc(Cl)ccc2C=CN1[C@@H](CC)C(=O)O. The second-order valence-electron chi connectivity index (χ2n) is 4.16. The van der Waals surface area contributed by atoms with E-state index in [4.69, 9.17) is 11.6 Å². The van der Waals surface area contributed by atoms with Crippen LogP contribution in [-0.4, -0.2) is 22.0 Å². The molecule has 1 aromatic rings. The van der Waals surface area contributed by atoms with Gasteiger partial charge >= 0.3 is 5.97 Å². The van der Waals surface area contributed by atoms with E-state index < -0.39 is 12.0 Å². The van der Waals surface area contributed by atoms with Crippen molar-refractivity contribution in [2.75, 3.05) is 0 Å². The molecule has 4 heteroatoms. The number of aliphatic carboxylic acids is 1. The summed E-state index contributed by atoms with van der Waals surface area (Å²) in [7, 11) is 0. The molecule has 1 heterocycles. The smallest absolute Gasteiger partial charge is 0.326 e. The van der Waals surface area contributed by atoms with Crippen LogP contribution in [0.1, 0.15) is 24.5 Å². The Morgan fingerprint density at radius 3 is 2.89 bits per heavy atom. The summed E-state index contributed by atoms with van der Waals surface area (Å²) in [4.78, 5) is 12.9. The molecule has 94 valence electrons. The number of hydrogen-bond acceptors (Lipinski definition) is 2. The first-order valence-corrected chi connectivity index (χ1v) is 6.10. The lowest BCUT2D eigenvalue weighted by atomic mass is 9.99. The van der Waals surface area contributed by atoms with Crippen LogP contribution in [0.3, 0.4) is 0 Å². The van der Waals surface area contributed by atoms with Crippen molar-refractivity contribution in [3.63, 3.8) is 0 Å². The summed E-state index contributed by atoms with van der Waals surface area (Å²) in [5, 5.41) is 9.82. The number of carboxylic acid groups (broad SMARTS) is 1. The van der Waals surface area contributed by atoms with Crippen molar-refractivity contribution >= 4 is 29.3 Å². The minimum atomic E-state index is -0.853. The van der Waals surface area contributed by atoms with Gasteiger partial charge in [0.1, 0.15) is 6.04 Å². The topological polar surface area (TPSA) is 40.5 Å². The Kier molecular flexibility index (Phi) is 3.43. The molecule has 0 bridgehead atoms. The van der Waals surface area contributed by atoms with E-state index in [1.54, 1.807) is 11.1 Å². The van der Waals surface area contributed by atoms with Crippen LogP contribution >= 0.6 is 11.6 Å². The number of rotatable bonds is 3. The van der Waals surface area contributed by atoms with Gasteiger partial charge < -0.3 is 10.0 Å². The van der Waals surface area contributed by atoms with Gasteiger partial charge in [0, 0.05) is 22.5 Å². The summed E-state index contributed by atoms with van der Waals surface area (Å²) < 4.78 is 0. The van der Waals surface area contributed by atoms with Crippen LogP contribution in [0, 0.1) is 0 Å². The van der Waals surface area contributed by atoms with Crippen molar-refractivity contribution in [1.29, 1.82) is 0 Å². The van der Waals surface area contributed by atoms with Crippen LogP contribution in [-0.2, 0) is 4.79 Å². The number of halogens is 1. The summed E-state index contributed by atoms with van der Waals surface area (Å²) in [6.45, 7) is 5.82. The molecule has 0 amide bonds. The average Bonchev–Trinajstić information content (AvgIpc) is 2.33. The minimum absolute atomic E-state index is 0.509. The molecule has 0 saturated heterocycles. The molecular weight excluding hydrogens is 250 g/mol. The van der Waals surface area contributed by atoms with E-state index in [2.05, 4.69) is 6.58 Å². The molecule has 1 aliphatic heterocycles. The van der Waals surface area contributed by atoms with Crippen molar-refractivity contribution < 1.29 is 9.90 Å². The van der Waals surface area contributed by atoms with Crippen LogP contribution in [0.25, 0.3) is 11.8 Å². The number of carbonyl (C=O) groups is 1. The lowest BCUT2D eigenvalue weighted by Gasteiger charge is -2.32. The van der Waals surface area contributed by atoms with Gasteiger partial charge in [0.05, 0.1) is 0 Å². The predicted octanol–water partition coefficient (Wildman–Crippen LogP) is 3.46. The highest BCUT2D eigenvalue weighted by Gasteiger charge is 2.26. The number of benzene rings is 1. The van der Waals surface area contributed by atoms with E-state index in [-0.39, 0.29) is 0 Å². The van der Waals surface area contributed by atoms with E-state index in [1.807, 2.05) is 31.2 Å². The van der Waals surface area contributed by atoms with Crippen molar-refractivity contribution in [2.24, 2.45) is 0 Å². The molecule has 1 N–H and O–H groups in total. The zero-order chi connectivity index (χ0) is 13.3. The van der Waals surface area contributed by atoms with Gasteiger partial charge in [0.2, 0.25) is 0 Å². The Morgan fingerprint density at radius 2 is 2.28 bits per heavy atom. The Morgan fingerprint density at radius 1 is 1.56 bits per heavy atom. The molecule has 0 radical (unpaired) electrons. The van der Waals surface area contributed by atoms with E-state index in [0.717, 1.165) is 11.1 Å². The maximum atomic E-state index is 11.2. The highest BCUT2D eigenvalue weighted by atomic mass is 35.5. The van der Waals surface area contributed by atoms with E-state index in [9.17, 15) is 9.90 Å². The van der Waals surface area contributed by atoms with Crippen LogP contribution in [0.15, 0.2) is 31.0 Å². The highest BCUT2D eigenvalue weighted by molar-refractivity contribution is 6.30. The fourth-order valence-corrected chi connectivity index (χ4v) is 2.27. The first kappa shape index (κ1) is 12.7. The number of carboxylic acids is 1. The molecule has 0 aliphatic carbocycles. The highest BCUT2D eigenvalue weighted by Crippen LogP contribution is 2.32. The van der Waals surface area contributed by atoms with Gasteiger partial charge in [-0.2, -0.15) is 0 Å². The van der Waals surface area contributed by atoms with Crippen LogP contribution in [0.4, 0.5) is 0 Å². The molecule has 1 atom stereocenters. The summed E-state index contributed by atoms with van der Waals surface area (Å²) in [6, 6.07) is 4.92. The fourth-order valence-electron chi connectivity index (χ4n) is 2.10. The monoisotopic (exact) mass is 263 g/mol. The Balaban J connectivity index is 2.41. The fraction of sp³-hybridized carbons (Fsp3) is 0.214. The van der Waals surface area contributed by atoms with Gasteiger partial charge in [-0.05, 0) is 30.2 Å². The predicted molar refractivity (Wildman–Crippen MR) is 73.1 cm³/mol. The summed E-state index contributed by atoms with van der Waals surface area (Å²) in [6.07, 6.45) is 4.15. The molecule has 0 spiro atoms. The maximum Gasteiger partial charge on any atom is 0.326 e. The normalized spacial score (nSPS) is 15.4. The molecule has 1 aliphatic rings. The largest absolute Gasteiger partial charge is 0.480 e. The molecule has 0 unspecified atom stereocenters. The molecule has 3 nitrogen and oxygen atoms in total. The molecule has 0 aromatic heterocycles. The number of hydrogen-bond donors (Lipinski definition) is 1. The van der Waals surface area contributed by atoms with Gasteiger partial charge in [-0.15, -0.1) is 0 Å². The summed E-state index contributed by atoms with van der Waals surface area (Å²) in [5.74, 6) is -0.853. The van der Waals surface area contributed by atoms with E-state index in [1.165, 1.54) is 0 Å². The number of fused-ring (bicyclic) bond motifs is 1.